The third kappa shape index (κ3) is 3.36. The number of hydrogen-bond donors (Lipinski definition) is 1. The highest BCUT2D eigenvalue weighted by Gasteiger charge is 2.22. The Kier molecular flexibility index (Phi) is 4.55. The summed E-state index contributed by atoms with van der Waals surface area (Å²) in [6.07, 6.45) is 4.20. The van der Waals surface area contributed by atoms with Gasteiger partial charge in [-0.2, -0.15) is 0 Å². The first kappa shape index (κ1) is 15.2. The van der Waals surface area contributed by atoms with Crippen LogP contribution in [0.15, 0.2) is 30.5 Å². The van der Waals surface area contributed by atoms with Crippen LogP contribution in [-0.2, 0) is 17.8 Å². The Morgan fingerprint density at radius 2 is 2.27 bits per heavy atom. The second-order valence-electron chi connectivity index (χ2n) is 5.76. The first-order valence-electron chi connectivity index (χ1n) is 7.67. The monoisotopic (exact) mass is 315 g/mol. The summed E-state index contributed by atoms with van der Waals surface area (Å²) < 4.78 is 0. The van der Waals surface area contributed by atoms with Gasteiger partial charge in [-0.3, -0.25) is 9.69 Å². The van der Waals surface area contributed by atoms with E-state index < -0.39 is 0 Å². The van der Waals surface area contributed by atoms with Crippen molar-refractivity contribution in [2.45, 2.75) is 39.3 Å². The molecule has 1 aliphatic heterocycles. The van der Waals surface area contributed by atoms with Crippen molar-refractivity contribution < 1.29 is 4.79 Å². The fourth-order valence-corrected chi connectivity index (χ4v) is 3.92. The smallest absolute Gasteiger partial charge is 0.223 e. The Balaban J connectivity index is 1.75. The first-order chi connectivity index (χ1) is 10.6. The molecule has 2 heterocycles. The molecule has 2 aromatic rings. The van der Waals surface area contributed by atoms with Crippen molar-refractivity contribution in [1.29, 1.82) is 0 Å². The number of thiazole rings is 1. The van der Waals surface area contributed by atoms with Gasteiger partial charge in [0.05, 0.1) is 0 Å². The van der Waals surface area contributed by atoms with Crippen LogP contribution in [0.25, 0.3) is 0 Å². The molecule has 0 saturated carbocycles. The zero-order valence-electron chi connectivity index (χ0n) is 13.0. The molecular weight excluding hydrogens is 294 g/mol. The normalized spacial score (nSPS) is 18.5. The summed E-state index contributed by atoms with van der Waals surface area (Å²) in [6, 6.07) is 9.15. The highest BCUT2D eigenvalue weighted by atomic mass is 32.1. The van der Waals surface area contributed by atoms with Gasteiger partial charge in [-0.05, 0) is 37.4 Å². The van der Waals surface area contributed by atoms with Crippen LogP contribution in [0, 0.1) is 0 Å². The van der Waals surface area contributed by atoms with Crippen molar-refractivity contribution in [2.75, 3.05) is 11.9 Å². The molecule has 1 aromatic heterocycles. The van der Waals surface area contributed by atoms with Crippen LogP contribution < -0.4 is 5.32 Å². The Labute approximate surface area is 135 Å². The van der Waals surface area contributed by atoms with Gasteiger partial charge in [0, 0.05) is 30.6 Å². The maximum Gasteiger partial charge on any atom is 0.223 e. The Hall–Kier alpha value is -1.72. The van der Waals surface area contributed by atoms with E-state index in [4.69, 9.17) is 0 Å². The molecule has 1 unspecified atom stereocenters. The standard InChI is InChI=1S/C17H21N3OS/c1-12-16-8-4-3-6-14(16)7-5-9-20(12)11-15-10-18-17(22-15)19-13(2)21/h3-4,6,8,10,12H,5,7,9,11H2,1-2H3,(H,18,19,21). The second kappa shape index (κ2) is 6.58. The van der Waals surface area contributed by atoms with E-state index in [1.54, 1.807) is 11.3 Å². The maximum absolute atomic E-state index is 11.1. The van der Waals surface area contributed by atoms with Gasteiger partial charge >= 0.3 is 0 Å². The van der Waals surface area contributed by atoms with Crippen LogP contribution >= 0.6 is 11.3 Å². The van der Waals surface area contributed by atoms with E-state index in [0.29, 0.717) is 11.2 Å². The van der Waals surface area contributed by atoms with Crippen molar-refractivity contribution in [3.63, 3.8) is 0 Å². The predicted octanol–water partition coefficient (Wildman–Crippen LogP) is 3.61. The SMILES string of the molecule is CC(=O)Nc1ncc(CN2CCCc3ccccc3C2C)s1. The number of nitrogens with zero attached hydrogens (tertiary/aromatic N) is 2. The average molecular weight is 315 g/mol. The van der Waals surface area contributed by atoms with Crippen LogP contribution in [0.1, 0.15) is 42.3 Å². The summed E-state index contributed by atoms with van der Waals surface area (Å²) in [5.41, 5.74) is 2.91. The van der Waals surface area contributed by atoms with Crippen LogP contribution in [0.3, 0.4) is 0 Å². The van der Waals surface area contributed by atoms with Gasteiger partial charge in [0.15, 0.2) is 5.13 Å². The predicted molar refractivity (Wildman–Crippen MR) is 90.0 cm³/mol. The number of carbonyl (C=O) groups excluding carboxylic acids is 1. The highest BCUT2D eigenvalue weighted by molar-refractivity contribution is 7.15. The van der Waals surface area contributed by atoms with Gasteiger partial charge in [-0.1, -0.05) is 24.3 Å². The van der Waals surface area contributed by atoms with Gasteiger partial charge in [0.25, 0.3) is 0 Å². The van der Waals surface area contributed by atoms with Crippen LogP contribution in [0.5, 0.6) is 0 Å². The maximum atomic E-state index is 11.1. The number of rotatable bonds is 3. The topological polar surface area (TPSA) is 45.2 Å². The third-order valence-electron chi connectivity index (χ3n) is 4.14. The molecule has 1 amide bonds. The number of carbonyl (C=O) groups is 1. The van der Waals surface area contributed by atoms with Gasteiger partial charge in [-0.15, -0.1) is 11.3 Å². The molecule has 0 saturated heterocycles. The molecule has 0 spiro atoms. The zero-order chi connectivity index (χ0) is 15.5. The van der Waals surface area contributed by atoms with Crippen molar-refractivity contribution in [3.8, 4) is 0 Å². The summed E-state index contributed by atoms with van der Waals surface area (Å²) in [5.74, 6) is -0.0713. The molecular formula is C17H21N3OS. The second-order valence-corrected chi connectivity index (χ2v) is 6.88. The number of aromatic nitrogens is 1. The summed E-state index contributed by atoms with van der Waals surface area (Å²) in [5, 5.41) is 3.44. The number of nitrogens with one attached hydrogen (secondary N) is 1. The molecule has 0 radical (unpaired) electrons. The fraction of sp³-hybridized carbons (Fsp3) is 0.412. The Morgan fingerprint density at radius 1 is 1.45 bits per heavy atom. The number of aryl methyl sites for hydroxylation is 1. The van der Waals surface area contributed by atoms with E-state index in [1.165, 1.54) is 29.3 Å². The molecule has 3 rings (SSSR count). The number of anilines is 1. The first-order valence-corrected chi connectivity index (χ1v) is 8.49. The van der Waals surface area contributed by atoms with Crippen molar-refractivity contribution in [2.24, 2.45) is 0 Å². The lowest BCUT2D eigenvalue weighted by Crippen LogP contribution is -2.26. The molecule has 1 aromatic carbocycles. The molecule has 0 aliphatic carbocycles. The summed E-state index contributed by atoms with van der Waals surface area (Å²) in [7, 11) is 0. The minimum atomic E-state index is -0.0713. The molecule has 22 heavy (non-hydrogen) atoms. The fourth-order valence-electron chi connectivity index (χ4n) is 3.04. The molecule has 1 N–H and O–H groups in total. The van der Waals surface area contributed by atoms with E-state index in [1.807, 2.05) is 6.20 Å². The molecule has 0 fully saturated rings. The number of fused-ring (bicyclic) bond motifs is 1. The minimum absolute atomic E-state index is 0.0713. The lowest BCUT2D eigenvalue weighted by atomic mass is 10.00. The third-order valence-corrected chi connectivity index (χ3v) is 5.04. The van der Waals surface area contributed by atoms with Gasteiger partial charge in [0.1, 0.15) is 0 Å². The summed E-state index contributed by atoms with van der Waals surface area (Å²) in [4.78, 5) is 19.1. The van der Waals surface area contributed by atoms with Gasteiger partial charge in [0.2, 0.25) is 5.91 Å². The van der Waals surface area contributed by atoms with Crippen molar-refractivity contribution in [1.82, 2.24) is 9.88 Å². The average Bonchev–Trinajstić information content (AvgIpc) is 2.85. The highest BCUT2D eigenvalue weighted by Crippen LogP contribution is 2.31. The quantitative estimate of drug-likeness (QED) is 0.941. The number of amides is 1. The number of hydrogen-bond acceptors (Lipinski definition) is 4. The molecule has 0 bridgehead atoms. The lowest BCUT2D eigenvalue weighted by molar-refractivity contribution is -0.114. The van der Waals surface area contributed by atoms with E-state index in [9.17, 15) is 4.79 Å². The largest absolute Gasteiger partial charge is 0.302 e. The van der Waals surface area contributed by atoms with Crippen molar-refractivity contribution >= 4 is 22.4 Å². The minimum Gasteiger partial charge on any atom is -0.302 e. The molecule has 116 valence electrons. The van der Waals surface area contributed by atoms with Crippen LogP contribution in [0.4, 0.5) is 5.13 Å². The number of benzene rings is 1. The molecule has 1 atom stereocenters. The van der Waals surface area contributed by atoms with E-state index in [2.05, 4.69) is 46.4 Å². The lowest BCUT2D eigenvalue weighted by Gasteiger charge is -2.27. The van der Waals surface area contributed by atoms with Crippen molar-refractivity contribution in [3.05, 3.63) is 46.5 Å². The van der Waals surface area contributed by atoms with Crippen LogP contribution in [0.2, 0.25) is 0 Å². The molecule has 1 aliphatic rings. The van der Waals surface area contributed by atoms with Gasteiger partial charge in [-0.25, -0.2) is 4.98 Å². The molecule has 4 nitrogen and oxygen atoms in total. The van der Waals surface area contributed by atoms with E-state index in [-0.39, 0.29) is 5.91 Å². The molecule has 5 heteroatoms. The van der Waals surface area contributed by atoms with E-state index >= 15 is 0 Å². The Bertz CT molecular complexity index is 667. The summed E-state index contributed by atoms with van der Waals surface area (Å²) >= 11 is 1.56. The summed E-state index contributed by atoms with van der Waals surface area (Å²) in [6.45, 7) is 5.75. The zero-order valence-corrected chi connectivity index (χ0v) is 13.8. The van der Waals surface area contributed by atoms with Gasteiger partial charge < -0.3 is 5.32 Å². The Morgan fingerprint density at radius 3 is 3.09 bits per heavy atom. The van der Waals surface area contributed by atoms with E-state index in [0.717, 1.165) is 19.5 Å². The van der Waals surface area contributed by atoms with Crippen LogP contribution in [-0.4, -0.2) is 22.3 Å².